The van der Waals surface area contributed by atoms with Gasteiger partial charge in [-0.3, -0.25) is 4.90 Å². The number of fused-ring (bicyclic) bond motifs is 1. The predicted octanol–water partition coefficient (Wildman–Crippen LogP) is 4.05. The molecule has 3 heterocycles. The van der Waals surface area contributed by atoms with Crippen molar-refractivity contribution in [3.63, 3.8) is 0 Å². The minimum atomic E-state index is -0.299. The van der Waals surface area contributed by atoms with Crippen LogP contribution in [0.25, 0.3) is 0 Å². The van der Waals surface area contributed by atoms with Crippen molar-refractivity contribution in [1.82, 2.24) is 9.88 Å². The monoisotopic (exact) mass is 496 g/mol. The van der Waals surface area contributed by atoms with Crippen LogP contribution >= 0.6 is 11.8 Å². The smallest absolute Gasteiger partial charge is 0.135 e. The van der Waals surface area contributed by atoms with E-state index < -0.39 is 0 Å². The predicted molar refractivity (Wildman–Crippen MR) is 139 cm³/mol. The van der Waals surface area contributed by atoms with Crippen LogP contribution in [0.15, 0.2) is 29.3 Å². The Morgan fingerprint density at radius 3 is 2.54 bits per heavy atom. The van der Waals surface area contributed by atoms with Crippen molar-refractivity contribution < 1.29 is 14.2 Å². The third-order valence-corrected chi connectivity index (χ3v) is 7.51. The van der Waals surface area contributed by atoms with Gasteiger partial charge in [-0.05, 0) is 38.5 Å². The lowest BCUT2D eigenvalue weighted by Crippen LogP contribution is -2.48. The number of aromatic nitrogens is 1. The summed E-state index contributed by atoms with van der Waals surface area (Å²) in [4.78, 5) is 9.84. The van der Waals surface area contributed by atoms with Gasteiger partial charge in [-0.1, -0.05) is 17.7 Å². The second-order valence-electron chi connectivity index (χ2n) is 9.74. The van der Waals surface area contributed by atoms with Crippen molar-refractivity contribution in [2.24, 2.45) is 0 Å². The molecule has 8 heteroatoms. The molecule has 4 rings (SSSR count). The normalized spacial score (nSPS) is 17.6. The molecule has 0 spiro atoms. The van der Waals surface area contributed by atoms with E-state index in [9.17, 15) is 5.26 Å². The number of thioether (sulfide) groups is 1. The van der Waals surface area contributed by atoms with Gasteiger partial charge < -0.3 is 19.1 Å². The molecule has 0 amide bonds. The van der Waals surface area contributed by atoms with E-state index >= 15 is 0 Å². The van der Waals surface area contributed by atoms with Crippen LogP contribution in [-0.2, 0) is 22.5 Å². The van der Waals surface area contributed by atoms with Crippen LogP contribution in [0.5, 0.6) is 5.75 Å². The Bertz CT molecular complexity index is 1040. The number of nitriles is 1. The molecule has 1 aromatic carbocycles. The Kier molecular flexibility index (Phi) is 8.55. The summed E-state index contributed by atoms with van der Waals surface area (Å²) < 4.78 is 17.3. The topological polar surface area (TPSA) is 70.8 Å². The van der Waals surface area contributed by atoms with E-state index in [2.05, 4.69) is 36.6 Å². The summed E-state index contributed by atoms with van der Waals surface area (Å²) in [5, 5.41) is 10.9. The standard InChI is InChI=1S/C27H36N4O3S/c1-20-5-7-21(8-6-20)33-15-16-35-26-23(18-28)22-17-27(2,3)34-19-24(22)25(29-26)31-11-9-30(10-12-31)13-14-32-4/h5-8H,9-17,19H2,1-4H3. The van der Waals surface area contributed by atoms with E-state index in [1.54, 1.807) is 18.9 Å². The van der Waals surface area contributed by atoms with E-state index in [4.69, 9.17) is 19.2 Å². The summed E-state index contributed by atoms with van der Waals surface area (Å²) in [6.07, 6.45) is 0.710. The zero-order valence-corrected chi connectivity index (χ0v) is 22.1. The Balaban J connectivity index is 1.53. The van der Waals surface area contributed by atoms with Gasteiger partial charge >= 0.3 is 0 Å². The Morgan fingerprint density at radius 2 is 1.86 bits per heavy atom. The number of rotatable bonds is 9. The van der Waals surface area contributed by atoms with Crippen LogP contribution in [-0.4, -0.2) is 74.3 Å². The molecule has 0 bridgehead atoms. The molecular formula is C27H36N4O3S. The van der Waals surface area contributed by atoms with Gasteiger partial charge in [-0.2, -0.15) is 5.26 Å². The van der Waals surface area contributed by atoms with Gasteiger partial charge in [0.15, 0.2) is 0 Å². The molecule has 1 fully saturated rings. The van der Waals surface area contributed by atoms with Gasteiger partial charge in [0.1, 0.15) is 22.7 Å². The molecule has 0 saturated carbocycles. The minimum absolute atomic E-state index is 0.299. The van der Waals surface area contributed by atoms with Crippen LogP contribution in [0.3, 0.4) is 0 Å². The van der Waals surface area contributed by atoms with Crippen molar-refractivity contribution in [1.29, 1.82) is 5.26 Å². The highest BCUT2D eigenvalue weighted by Crippen LogP contribution is 2.38. The zero-order chi connectivity index (χ0) is 24.8. The molecule has 35 heavy (non-hydrogen) atoms. The molecule has 2 aliphatic heterocycles. The van der Waals surface area contributed by atoms with E-state index in [1.165, 1.54) is 5.56 Å². The van der Waals surface area contributed by atoms with Crippen molar-refractivity contribution in [3.8, 4) is 11.8 Å². The van der Waals surface area contributed by atoms with Crippen molar-refractivity contribution in [2.75, 3.05) is 63.7 Å². The highest BCUT2D eigenvalue weighted by atomic mass is 32.2. The average molecular weight is 497 g/mol. The zero-order valence-electron chi connectivity index (χ0n) is 21.3. The summed E-state index contributed by atoms with van der Waals surface area (Å²) in [6.45, 7) is 12.7. The van der Waals surface area contributed by atoms with Gasteiger partial charge in [-0.25, -0.2) is 4.98 Å². The number of pyridine rings is 1. The number of nitrogens with zero attached hydrogens (tertiary/aromatic N) is 4. The largest absolute Gasteiger partial charge is 0.493 e. The number of hydrogen-bond donors (Lipinski definition) is 0. The lowest BCUT2D eigenvalue weighted by atomic mass is 9.89. The van der Waals surface area contributed by atoms with Crippen LogP contribution < -0.4 is 9.64 Å². The molecule has 2 aromatic rings. The van der Waals surface area contributed by atoms with Gasteiger partial charge in [-0.15, -0.1) is 11.8 Å². The van der Waals surface area contributed by atoms with Crippen LogP contribution in [0.4, 0.5) is 5.82 Å². The minimum Gasteiger partial charge on any atom is -0.493 e. The second-order valence-corrected chi connectivity index (χ2v) is 10.8. The summed E-state index contributed by atoms with van der Waals surface area (Å²) in [5.74, 6) is 2.56. The highest BCUT2D eigenvalue weighted by Gasteiger charge is 2.33. The first-order chi connectivity index (χ1) is 16.9. The molecule has 188 valence electrons. The maximum absolute atomic E-state index is 10.1. The van der Waals surface area contributed by atoms with Crippen LogP contribution in [0, 0.1) is 18.3 Å². The SMILES string of the molecule is COCCN1CCN(c2nc(SCCOc3ccc(C)cc3)c(C#N)c3c2COC(C)(C)C3)CC1. The first-order valence-corrected chi connectivity index (χ1v) is 13.3. The summed E-state index contributed by atoms with van der Waals surface area (Å²) >= 11 is 1.60. The van der Waals surface area contributed by atoms with Gasteiger partial charge in [0.2, 0.25) is 0 Å². The summed E-state index contributed by atoms with van der Waals surface area (Å²) in [5.41, 5.74) is 3.78. The number of hydrogen-bond acceptors (Lipinski definition) is 8. The third kappa shape index (κ3) is 6.47. The number of benzene rings is 1. The number of piperazine rings is 1. The molecule has 0 unspecified atom stereocenters. The fraction of sp³-hybridized carbons (Fsp3) is 0.556. The maximum Gasteiger partial charge on any atom is 0.135 e. The Hall–Kier alpha value is -2.31. The quantitative estimate of drug-likeness (QED) is 0.380. The molecule has 0 aliphatic carbocycles. The maximum atomic E-state index is 10.1. The molecule has 2 aliphatic rings. The number of methoxy groups -OCH3 is 1. The van der Waals surface area contributed by atoms with Crippen molar-refractivity contribution in [2.45, 2.75) is 44.4 Å². The second kappa shape index (κ2) is 11.6. The van der Waals surface area contributed by atoms with Crippen molar-refractivity contribution in [3.05, 3.63) is 46.5 Å². The van der Waals surface area contributed by atoms with Gasteiger partial charge in [0, 0.05) is 57.6 Å². The molecule has 1 saturated heterocycles. The van der Waals surface area contributed by atoms with E-state index in [-0.39, 0.29) is 5.60 Å². The lowest BCUT2D eigenvalue weighted by molar-refractivity contribution is -0.0402. The molecule has 0 N–H and O–H groups in total. The molecule has 0 radical (unpaired) electrons. The Labute approximate surface area is 213 Å². The average Bonchev–Trinajstić information content (AvgIpc) is 2.85. The van der Waals surface area contributed by atoms with Crippen LogP contribution in [0.1, 0.15) is 36.1 Å². The third-order valence-electron chi connectivity index (χ3n) is 6.57. The summed E-state index contributed by atoms with van der Waals surface area (Å²) in [6, 6.07) is 10.5. The lowest BCUT2D eigenvalue weighted by Gasteiger charge is -2.39. The fourth-order valence-electron chi connectivity index (χ4n) is 4.54. The first kappa shape index (κ1) is 25.8. The Morgan fingerprint density at radius 1 is 1.11 bits per heavy atom. The molecule has 7 nitrogen and oxygen atoms in total. The number of ether oxygens (including phenoxy) is 3. The first-order valence-electron chi connectivity index (χ1n) is 12.3. The molecule has 1 aromatic heterocycles. The van der Waals surface area contributed by atoms with Gasteiger partial charge in [0.25, 0.3) is 0 Å². The highest BCUT2D eigenvalue weighted by molar-refractivity contribution is 7.99. The molecule has 0 atom stereocenters. The summed E-state index contributed by atoms with van der Waals surface area (Å²) in [7, 11) is 1.75. The van der Waals surface area contributed by atoms with E-state index in [0.717, 1.165) is 72.8 Å². The van der Waals surface area contributed by atoms with E-state index in [0.29, 0.717) is 25.2 Å². The molecular weight excluding hydrogens is 460 g/mol. The van der Waals surface area contributed by atoms with Crippen molar-refractivity contribution >= 4 is 17.6 Å². The number of anilines is 1. The fourth-order valence-corrected chi connectivity index (χ4v) is 5.37. The van der Waals surface area contributed by atoms with E-state index in [1.807, 2.05) is 24.3 Å². The van der Waals surface area contributed by atoms with Crippen LogP contribution in [0.2, 0.25) is 0 Å². The van der Waals surface area contributed by atoms with Gasteiger partial charge in [0.05, 0.1) is 31.0 Å². The number of aryl methyl sites for hydroxylation is 1.